The van der Waals surface area contributed by atoms with E-state index in [0.29, 0.717) is 25.6 Å². The third kappa shape index (κ3) is 8.49. The summed E-state index contributed by atoms with van der Waals surface area (Å²) in [6, 6.07) is 9.88. The monoisotopic (exact) mass is 448 g/mol. The highest BCUT2D eigenvalue weighted by molar-refractivity contribution is 14.0. The lowest BCUT2D eigenvalue weighted by atomic mass is 10.0. The van der Waals surface area contributed by atoms with Crippen molar-refractivity contribution in [1.82, 2.24) is 16.0 Å². The largest absolute Gasteiger partial charge is 0.396 e. The molecule has 1 unspecified atom stereocenters. The zero-order chi connectivity index (χ0) is 17.1. The molecule has 0 aliphatic carbocycles. The number of guanidine groups is 1. The van der Waals surface area contributed by atoms with Crippen LogP contribution in [0.4, 0.5) is 0 Å². The van der Waals surface area contributed by atoms with Gasteiger partial charge >= 0.3 is 0 Å². The number of carbonyl (C=O) groups is 1. The molecule has 1 atom stereocenters. The van der Waals surface area contributed by atoms with Crippen LogP contribution in [0.25, 0.3) is 0 Å². The van der Waals surface area contributed by atoms with E-state index in [1.165, 1.54) is 0 Å². The van der Waals surface area contributed by atoms with Crippen molar-refractivity contribution in [3.63, 3.8) is 0 Å². The lowest BCUT2D eigenvalue weighted by Crippen LogP contribution is -2.43. The van der Waals surface area contributed by atoms with Gasteiger partial charge in [0.2, 0.25) is 5.91 Å². The summed E-state index contributed by atoms with van der Waals surface area (Å²) in [6.07, 6.45) is 0. The van der Waals surface area contributed by atoms with Crippen molar-refractivity contribution in [2.45, 2.75) is 19.8 Å². The normalized spacial score (nSPS) is 12.3. The van der Waals surface area contributed by atoms with Gasteiger partial charge in [0.15, 0.2) is 5.96 Å². The van der Waals surface area contributed by atoms with Crippen molar-refractivity contribution < 1.29 is 9.90 Å². The first kappa shape index (κ1) is 22.6. The number of benzene rings is 1. The molecule has 7 heteroatoms. The van der Waals surface area contributed by atoms with Gasteiger partial charge in [-0.05, 0) is 5.56 Å². The van der Waals surface area contributed by atoms with Gasteiger partial charge < -0.3 is 21.1 Å². The molecule has 0 aliphatic rings. The Morgan fingerprint density at radius 2 is 1.75 bits per heavy atom. The second kappa shape index (κ2) is 13.0. The van der Waals surface area contributed by atoms with E-state index in [9.17, 15) is 9.90 Å². The molecular formula is C17H29IN4O2. The molecule has 0 heterocycles. The lowest BCUT2D eigenvalue weighted by Gasteiger charge is -2.18. The van der Waals surface area contributed by atoms with Crippen LogP contribution in [-0.2, 0) is 4.79 Å². The molecule has 0 spiro atoms. The lowest BCUT2D eigenvalue weighted by molar-refractivity contribution is -0.123. The van der Waals surface area contributed by atoms with Crippen LogP contribution in [0.3, 0.4) is 0 Å². The van der Waals surface area contributed by atoms with Crippen molar-refractivity contribution in [2.75, 3.05) is 33.3 Å². The number of hydrogen-bond acceptors (Lipinski definition) is 3. The Bertz CT molecular complexity index is 495. The summed E-state index contributed by atoms with van der Waals surface area (Å²) in [7, 11) is 1.69. The maximum atomic E-state index is 11.5. The molecule has 24 heavy (non-hydrogen) atoms. The summed E-state index contributed by atoms with van der Waals surface area (Å²) in [5.41, 5.74) is 1.09. The quantitative estimate of drug-likeness (QED) is 0.209. The molecule has 0 aromatic heterocycles. The highest BCUT2D eigenvalue weighted by atomic mass is 127. The summed E-state index contributed by atoms with van der Waals surface area (Å²) in [5, 5.41) is 18.7. The minimum atomic E-state index is -0.0105. The number of halogens is 1. The van der Waals surface area contributed by atoms with Gasteiger partial charge in [0.1, 0.15) is 0 Å². The van der Waals surface area contributed by atoms with Crippen LogP contribution in [0.5, 0.6) is 0 Å². The topological polar surface area (TPSA) is 85.8 Å². The molecule has 1 rings (SSSR count). The fraction of sp³-hybridized carbons (Fsp3) is 0.529. The average Bonchev–Trinajstić information content (AvgIpc) is 2.57. The highest BCUT2D eigenvalue weighted by Gasteiger charge is 2.11. The van der Waals surface area contributed by atoms with E-state index in [1.807, 2.05) is 44.2 Å². The number of carbonyl (C=O) groups excluding carboxylic acids is 1. The first-order chi connectivity index (χ1) is 11.1. The van der Waals surface area contributed by atoms with Crippen LogP contribution in [0, 0.1) is 5.92 Å². The first-order valence-electron chi connectivity index (χ1n) is 7.96. The molecule has 6 nitrogen and oxygen atoms in total. The number of aliphatic imine (C=N–C) groups is 1. The molecule has 0 radical (unpaired) electrons. The van der Waals surface area contributed by atoms with Crippen molar-refractivity contribution in [2.24, 2.45) is 10.9 Å². The van der Waals surface area contributed by atoms with Crippen molar-refractivity contribution in [3.05, 3.63) is 35.9 Å². The Morgan fingerprint density at radius 3 is 2.29 bits per heavy atom. The zero-order valence-corrected chi connectivity index (χ0v) is 16.9. The summed E-state index contributed by atoms with van der Waals surface area (Å²) in [4.78, 5) is 15.6. The molecule has 136 valence electrons. The number of rotatable bonds is 8. The second-order valence-electron chi connectivity index (χ2n) is 5.62. The third-order valence-electron chi connectivity index (χ3n) is 3.47. The average molecular weight is 448 g/mol. The van der Waals surface area contributed by atoms with Crippen LogP contribution in [-0.4, -0.2) is 50.3 Å². The van der Waals surface area contributed by atoms with E-state index >= 15 is 0 Å². The van der Waals surface area contributed by atoms with Crippen molar-refractivity contribution in [3.8, 4) is 0 Å². The molecule has 0 saturated carbocycles. The predicted molar refractivity (Wildman–Crippen MR) is 109 cm³/mol. The molecule has 0 saturated heterocycles. The zero-order valence-electron chi connectivity index (χ0n) is 14.6. The van der Waals surface area contributed by atoms with Gasteiger partial charge in [-0.2, -0.15) is 0 Å². The van der Waals surface area contributed by atoms with Gasteiger partial charge in [-0.15, -0.1) is 24.0 Å². The van der Waals surface area contributed by atoms with Crippen molar-refractivity contribution >= 4 is 35.8 Å². The maximum absolute atomic E-state index is 11.5. The minimum Gasteiger partial charge on any atom is -0.396 e. The van der Waals surface area contributed by atoms with E-state index < -0.39 is 0 Å². The number of amides is 1. The Balaban J connectivity index is 0.00000529. The van der Waals surface area contributed by atoms with Gasteiger partial charge in [0, 0.05) is 38.5 Å². The SMILES string of the molecule is CN=C(NCCNC(=O)C(C)C)NCC(CO)c1ccccc1.I. The Labute approximate surface area is 161 Å². The Kier molecular flexibility index (Phi) is 12.3. The van der Waals surface area contributed by atoms with Crippen LogP contribution < -0.4 is 16.0 Å². The van der Waals surface area contributed by atoms with Gasteiger partial charge in [0.25, 0.3) is 0 Å². The van der Waals surface area contributed by atoms with Gasteiger partial charge in [-0.3, -0.25) is 9.79 Å². The molecule has 1 amide bonds. The standard InChI is InChI=1S/C17H28N4O2.HI/c1-13(2)16(23)19-9-10-20-17(18-3)21-11-15(12-22)14-7-5-4-6-8-14;/h4-8,13,15,22H,9-12H2,1-3H3,(H,19,23)(H2,18,20,21);1H. The molecule has 4 N–H and O–H groups in total. The minimum absolute atomic E-state index is 0. The molecule has 0 fully saturated rings. The summed E-state index contributed by atoms with van der Waals surface area (Å²) in [6.45, 7) is 5.51. The fourth-order valence-electron chi connectivity index (χ4n) is 2.02. The third-order valence-corrected chi connectivity index (χ3v) is 3.47. The number of nitrogens with zero attached hydrogens (tertiary/aromatic N) is 1. The second-order valence-corrected chi connectivity index (χ2v) is 5.62. The fourth-order valence-corrected chi connectivity index (χ4v) is 2.02. The maximum Gasteiger partial charge on any atom is 0.222 e. The van der Waals surface area contributed by atoms with E-state index in [-0.39, 0.29) is 48.3 Å². The van der Waals surface area contributed by atoms with Gasteiger partial charge in [-0.1, -0.05) is 44.2 Å². The van der Waals surface area contributed by atoms with E-state index in [0.717, 1.165) is 5.56 Å². The van der Waals surface area contributed by atoms with E-state index in [2.05, 4.69) is 20.9 Å². The number of hydrogen-bond donors (Lipinski definition) is 4. The molecule has 0 bridgehead atoms. The number of aliphatic hydroxyl groups is 1. The van der Waals surface area contributed by atoms with Crippen molar-refractivity contribution in [1.29, 1.82) is 0 Å². The Morgan fingerprint density at radius 1 is 1.12 bits per heavy atom. The number of nitrogens with one attached hydrogen (secondary N) is 3. The Hall–Kier alpha value is -1.35. The predicted octanol–water partition coefficient (Wildman–Crippen LogP) is 1.32. The molecule has 1 aromatic rings. The van der Waals surface area contributed by atoms with Gasteiger partial charge in [0.05, 0.1) is 6.61 Å². The van der Waals surface area contributed by atoms with Crippen LogP contribution in [0.15, 0.2) is 35.3 Å². The molecular weight excluding hydrogens is 419 g/mol. The van der Waals surface area contributed by atoms with E-state index in [1.54, 1.807) is 7.05 Å². The molecule has 0 aliphatic heterocycles. The molecule has 1 aromatic carbocycles. The summed E-state index contributed by atoms with van der Waals surface area (Å²) < 4.78 is 0. The van der Waals surface area contributed by atoms with Gasteiger partial charge in [-0.25, -0.2) is 0 Å². The van der Waals surface area contributed by atoms with E-state index in [4.69, 9.17) is 0 Å². The number of aliphatic hydroxyl groups excluding tert-OH is 1. The van der Waals surface area contributed by atoms with Crippen LogP contribution in [0.2, 0.25) is 0 Å². The highest BCUT2D eigenvalue weighted by Crippen LogP contribution is 2.13. The van der Waals surface area contributed by atoms with Crippen LogP contribution in [0.1, 0.15) is 25.3 Å². The smallest absolute Gasteiger partial charge is 0.222 e. The van der Waals surface area contributed by atoms with Crippen LogP contribution >= 0.6 is 24.0 Å². The summed E-state index contributed by atoms with van der Waals surface area (Å²) in [5.74, 6) is 0.691. The first-order valence-corrected chi connectivity index (χ1v) is 7.96. The summed E-state index contributed by atoms with van der Waals surface area (Å²) >= 11 is 0.